The van der Waals surface area contributed by atoms with Crippen LogP contribution in [-0.2, 0) is 7.05 Å². The molecular formula is C20H26N6OS. The summed E-state index contributed by atoms with van der Waals surface area (Å²) in [4.78, 5) is 3.36. The fourth-order valence-corrected chi connectivity index (χ4v) is 4.02. The van der Waals surface area contributed by atoms with Crippen LogP contribution in [0.3, 0.4) is 0 Å². The van der Waals surface area contributed by atoms with Gasteiger partial charge in [-0.15, -0.1) is 11.8 Å². The van der Waals surface area contributed by atoms with E-state index in [0.29, 0.717) is 12.2 Å². The second kappa shape index (κ2) is 9.73. The van der Waals surface area contributed by atoms with Gasteiger partial charge in [-0.05, 0) is 38.3 Å². The first-order valence-corrected chi connectivity index (χ1v) is 10.7. The minimum Gasteiger partial charge on any atom is -0.395 e. The van der Waals surface area contributed by atoms with Crippen molar-refractivity contribution in [2.45, 2.75) is 24.2 Å². The molecule has 4 rings (SSSR count). The van der Waals surface area contributed by atoms with Crippen LogP contribution in [0.1, 0.15) is 24.8 Å². The van der Waals surface area contributed by atoms with Crippen molar-refractivity contribution in [2.24, 2.45) is 7.05 Å². The molecule has 4 heterocycles. The van der Waals surface area contributed by atoms with Crippen molar-refractivity contribution in [3.63, 3.8) is 0 Å². The maximum Gasteiger partial charge on any atom is 0.103 e. The number of aryl methyl sites for hydroxylation is 1. The first kappa shape index (κ1) is 20.4. The van der Waals surface area contributed by atoms with E-state index in [0.717, 1.165) is 28.1 Å². The number of nitriles is 1. The van der Waals surface area contributed by atoms with E-state index in [1.54, 1.807) is 27.2 Å². The number of nitrogens with zero attached hydrogens (tertiary/aromatic N) is 6. The van der Waals surface area contributed by atoms with Crippen LogP contribution in [0.5, 0.6) is 0 Å². The van der Waals surface area contributed by atoms with Gasteiger partial charge in [-0.3, -0.25) is 4.68 Å². The first-order chi connectivity index (χ1) is 13.7. The summed E-state index contributed by atoms with van der Waals surface area (Å²) in [6, 6.07) is 4.24. The maximum absolute atomic E-state index is 9.11. The van der Waals surface area contributed by atoms with E-state index < -0.39 is 0 Å². The Morgan fingerprint density at radius 2 is 1.93 bits per heavy atom. The molecule has 0 saturated carbocycles. The molecule has 0 unspecified atom stereocenters. The third-order valence-electron chi connectivity index (χ3n) is 4.82. The van der Waals surface area contributed by atoms with E-state index in [9.17, 15) is 0 Å². The van der Waals surface area contributed by atoms with Crippen molar-refractivity contribution in [3.05, 3.63) is 36.4 Å². The van der Waals surface area contributed by atoms with Gasteiger partial charge < -0.3 is 10.0 Å². The van der Waals surface area contributed by atoms with Gasteiger partial charge in [-0.1, -0.05) is 6.42 Å². The first-order valence-electron chi connectivity index (χ1n) is 9.44. The van der Waals surface area contributed by atoms with Gasteiger partial charge in [-0.25, -0.2) is 4.52 Å². The van der Waals surface area contributed by atoms with Crippen LogP contribution in [0.15, 0.2) is 35.7 Å². The van der Waals surface area contributed by atoms with Gasteiger partial charge in [0.25, 0.3) is 0 Å². The van der Waals surface area contributed by atoms with Crippen molar-refractivity contribution in [2.75, 3.05) is 32.5 Å². The Kier molecular flexibility index (Phi) is 7.09. The predicted octanol–water partition coefficient (Wildman–Crippen LogP) is 2.79. The Balaban J connectivity index is 0.000000211. The van der Waals surface area contributed by atoms with Crippen molar-refractivity contribution in [3.8, 4) is 17.2 Å². The SMILES string of the molecule is CSc1cc(-c2cnn(C)c2)cn2ncc(C#N)c12.OCCN1CCCCC1. The average Bonchev–Trinajstić information content (AvgIpc) is 3.34. The Labute approximate surface area is 169 Å². The molecule has 1 aliphatic heterocycles. The minimum absolute atomic E-state index is 0.319. The van der Waals surface area contributed by atoms with Crippen molar-refractivity contribution < 1.29 is 5.11 Å². The topological polar surface area (TPSA) is 82.4 Å². The molecule has 0 atom stereocenters. The van der Waals surface area contributed by atoms with Crippen LogP contribution < -0.4 is 0 Å². The minimum atomic E-state index is 0.319. The van der Waals surface area contributed by atoms with Crippen LogP contribution in [-0.4, -0.2) is 61.9 Å². The zero-order valence-corrected chi connectivity index (χ0v) is 17.2. The number of piperidine rings is 1. The summed E-state index contributed by atoms with van der Waals surface area (Å²) in [6.45, 7) is 3.58. The monoisotopic (exact) mass is 398 g/mol. The van der Waals surface area contributed by atoms with Crippen LogP contribution in [0.2, 0.25) is 0 Å². The summed E-state index contributed by atoms with van der Waals surface area (Å²) in [5.74, 6) is 0. The number of pyridine rings is 1. The van der Waals surface area contributed by atoms with Gasteiger partial charge in [0.1, 0.15) is 6.07 Å². The second-order valence-corrected chi connectivity index (χ2v) is 7.64. The van der Waals surface area contributed by atoms with Crippen LogP contribution in [0, 0.1) is 11.3 Å². The molecule has 0 aromatic carbocycles. The molecule has 1 fully saturated rings. The van der Waals surface area contributed by atoms with Crippen molar-refractivity contribution in [1.82, 2.24) is 24.3 Å². The number of β-amino-alcohol motifs (C(OH)–C–C–N with tert-alkyl or cyclic N) is 1. The lowest BCUT2D eigenvalue weighted by molar-refractivity contribution is 0.173. The van der Waals surface area contributed by atoms with E-state index in [2.05, 4.69) is 27.2 Å². The third-order valence-corrected chi connectivity index (χ3v) is 5.57. The molecule has 1 aliphatic rings. The number of aliphatic hydroxyl groups is 1. The quantitative estimate of drug-likeness (QED) is 0.681. The second-order valence-electron chi connectivity index (χ2n) is 6.79. The highest BCUT2D eigenvalue weighted by atomic mass is 32.2. The van der Waals surface area contributed by atoms with Crippen LogP contribution in [0.4, 0.5) is 0 Å². The highest BCUT2D eigenvalue weighted by Crippen LogP contribution is 2.29. The van der Waals surface area contributed by atoms with Crippen molar-refractivity contribution >= 4 is 17.3 Å². The zero-order chi connectivity index (χ0) is 19.9. The summed E-state index contributed by atoms with van der Waals surface area (Å²) in [5, 5.41) is 26.1. The third kappa shape index (κ3) is 4.73. The number of fused-ring (bicyclic) bond motifs is 1. The van der Waals surface area contributed by atoms with E-state index in [1.807, 2.05) is 31.9 Å². The van der Waals surface area contributed by atoms with Gasteiger partial charge in [-0.2, -0.15) is 15.5 Å². The highest BCUT2D eigenvalue weighted by Gasteiger charge is 2.12. The Morgan fingerprint density at radius 1 is 1.14 bits per heavy atom. The lowest BCUT2D eigenvalue weighted by Crippen LogP contribution is -2.31. The lowest BCUT2D eigenvalue weighted by Gasteiger charge is -2.25. The van der Waals surface area contributed by atoms with Gasteiger partial charge >= 0.3 is 0 Å². The molecule has 28 heavy (non-hydrogen) atoms. The predicted molar refractivity (Wildman–Crippen MR) is 111 cm³/mol. The average molecular weight is 399 g/mol. The molecule has 8 heteroatoms. The summed E-state index contributed by atoms with van der Waals surface area (Å²) < 4.78 is 3.52. The molecule has 3 aromatic heterocycles. The standard InChI is InChI=1S/C13H11N5S.C7H15NO/c1-17-7-11(6-15-17)9-3-12(19-2)13-10(4-14)5-16-18(13)8-9;9-7-6-8-4-2-1-3-5-8/h3,5-8H,1-2H3;9H,1-7H2. The van der Waals surface area contributed by atoms with Crippen LogP contribution in [0.25, 0.3) is 16.6 Å². The van der Waals surface area contributed by atoms with Gasteiger partial charge in [0, 0.05) is 42.0 Å². The van der Waals surface area contributed by atoms with E-state index in [-0.39, 0.29) is 0 Å². The molecule has 0 radical (unpaired) electrons. The fourth-order valence-electron chi connectivity index (χ4n) is 3.37. The molecular weight excluding hydrogens is 372 g/mol. The van der Waals surface area contributed by atoms with E-state index in [4.69, 9.17) is 10.4 Å². The number of hydrogen-bond donors (Lipinski definition) is 1. The van der Waals surface area contributed by atoms with Gasteiger partial charge in [0.2, 0.25) is 0 Å². The number of hydrogen-bond acceptors (Lipinski definition) is 6. The Morgan fingerprint density at radius 3 is 2.54 bits per heavy atom. The Bertz CT molecular complexity index is 949. The highest BCUT2D eigenvalue weighted by molar-refractivity contribution is 7.98. The molecule has 0 spiro atoms. The summed E-state index contributed by atoms with van der Waals surface area (Å²) >= 11 is 1.61. The molecule has 0 amide bonds. The molecule has 7 nitrogen and oxygen atoms in total. The summed E-state index contributed by atoms with van der Waals surface area (Å²) in [6.07, 6.45) is 13.3. The van der Waals surface area contributed by atoms with Crippen molar-refractivity contribution in [1.29, 1.82) is 5.26 Å². The molecule has 1 N–H and O–H groups in total. The normalized spacial score (nSPS) is 14.5. The zero-order valence-electron chi connectivity index (χ0n) is 16.4. The van der Waals surface area contributed by atoms with Crippen LogP contribution >= 0.6 is 11.8 Å². The fraction of sp³-hybridized carbons (Fsp3) is 0.450. The molecule has 148 valence electrons. The molecule has 1 saturated heterocycles. The van der Waals surface area contributed by atoms with Gasteiger partial charge in [0.15, 0.2) is 0 Å². The molecule has 0 bridgehead atoms. The number of thioether (sulfide) groups is 1. The summed E-state index contributed by atoms with van der Waals surface area (Å²) in [5.41, 5.74) is 3.54. The lowest BCUT2D eigenvalue weighted by atomic mass is 10.1. The summed E-state index contributed by atoms with van der Waals surface area (Å²) in [7, 11) is 1.89. The Hall–Kier alpha value is -2.34. The molecule has 3 aromatic rings. The number of aliphatic hydroxyl groups excluding tert-OH is 1. The van der Waals surface area contributed by atoms with Gasteiger partial charge in [0.05, 0.1) is 30.1 Å². The molecule has 0 aliphatic carbocycles. The number of aromatic nitrogens is 4. The number of rotatable bonds is 4. The maximum atomic E-state index is 9.11. The smallest absolute Gasteiger partial charge is 0.103 e. The number of likely N-dealkylation sites (tertiary alicyclic amines) is 1. The largest absolute Gasteiger partial charge is 0.395 e. The van der Waals surface area contributed by atoms with E-state index in [1.165, 1.54) is 32.4 Å². The van der Waals surface area contributed by atoms with E-state index >= 15 is 0 Å².